The van der Waals surface area contributed by atoms with Crippen LogP contribution in [0, 0.1) is 0 Å². The molecule has 70 valence electrons. The lowest BCUT2D eigenvalue weighted by Crippen LogP contribution is -1.91. The molecule has 0 N–H and O–H groups in total. The minimum absolute atomic E-state index is 0.595. The number of hydrogen-bond donors (Lipinski definition) is 0. The first-order valence-electron chi connectivity index (χ1n) is 4.73. The van der Waals surface area contributed by atoms with Gasteiger partial charge in [0.15, 0.2) is 0 Å². The van der Waals surface area contributed by atoms with Gasteiger partial charge in [0.05, 0.1) is 0 Å². The zero-order valence-electron chi connectivity index (χ0n) is 8.62. The van der Waals surface area contributed by atoms with Crippen LogP contribution in [0.2, 0.25) is 0 Å². The van der Waals surface area contributed by atoms with Gasteiger partial charge in [-0.1, -0.05) is 18.6 Å². The molecular weight excluding hydrogens is 158 g/mol. The number of rotatable bonds is 3. The molecule has 0 radical (unpaired) electrons. The van der Waals surface area contributed by atoms with Crippen molar-refractivity contribution in [3.8, 4) is 0 Å². The van der Waals surface area contributed by atoms with E-state index in [1.165, 1.54) is 11.1 Å². The van der Waals surface area contributed by atoms with E-state index in [1.54, 1.807) is 0 Å². The first kappa shape index (κ1) is 9.97. The molecule has 0 unspecified atom stereocenters. The first-order chi connectivity index (χ1) is 6.20. The maximum absolute atomic E-state index is 4.01. The average Bonchev–Trinajstić information content (AvgIpc) is 2.15. The van der Waals surface area contributed by atoms with Gasteiger partial charge in [-0.3, -0.25) is 4.98 Å². The van der Waals surface area contributed by atoms with Crippen molar-refractivity contribution in [3.05, 3.63) is 41.7 Å². The Hall–Kier alpha value is -1.11. The Morgan fingerprint density at radius 3 is 2.54 bits per heavy atom. The van der Waals surface area contributed by atoms with Gasteiger partial charge in [-0.2, -0.15) is 0 Å². The molecule has 1 nitrogen and oxygen atoms in total. The van der Waals surface area contributed by atoms with Crippen LogP contribution >= 0.6 is 0 Å². The molecule has 1 aromatic heterocycles. The summed E-state index contributed by atoms with van der Waals surface area (Å²) in [6, 6.07) is 4.17. The molecule has 0 spiro atoms. The van der Waals surface area contributed by atoms with E-state index in [4.69, 9.17) is 0 Å². The molecule has 1 heteroatoms. The van der Waals surface area contributed by atoms with Crippen molar-refractivity contribution >= 4 is 0 Å². The Morgan fingerprint density at radius 1 is 1.38 bits per heavy atom. The molecule has 0 saturated heterocycles. The average molecular weight is 175 g/mol. The predicted octanol–water partition coefficient (Wildman–Crippen LogP) is 3.54. The van der Waals surface area contributed by atoms with E-state index in [-0.39, 0.29) is 0 Å². The molecule has 1 heterocycles. The summed E-state index contributed by atoms with van der Waals surface area (Å²) in [5, 5.41) is 0. The highest BCUT2D eigenvalue weighted by atomic mass is 14.6. The molecule has 0 aliphatic rings. The summed E-state index contributed by atoms with van der Waals surface area (Å²) in [7, 11) is 0. The molecule has 0 aromatic carbocycles. The zero-order valence-corrected chi connectivity index (χ0v) is 8.62. The normalized spacial score (nSPS) is 12.2. The summed E-state index contributed by atoms with van der Waals surface area (Å²) in [6.07, 6.45) is 7.11. The molecule has 0 aliphatic heterocycles. The number of pyridine rings is 1. The molecule has 0 bridgehead atoms. The lowest BCUT2D eigenvalue weighted by atomic mass is 9.98. The van der Waals surface area contributed by atoms with Crippen molar-refractivity contribution in [2.75, 3.05) is 0 Å². The van der Waals surface area contributed by atoms with Crippen molar-refractivity contribution in [1.29, 1.82) is 0 Å². The van der Waals surface area contributed by atoms with Crippen LogP contribution in [0.1, 0.15) is 38.7 Å². The van der Waals surface area contributed by atoms with Crippen LogP contribution in [-0.2, 0) is 0 Å². The summed E-state index contributed by atoms with van der Waals surface area (Å²) in [5.74, 6) is 0.595. The Bertz CT molecular complexity index is 270. The van der Waals surface area contributed by atoms with Gasteiger partial charge in [-0.15, -0.1) is 0 Å². The highest BCUT2D eigenvalue weighted by Gasteiger charge is 2.01. The van der Waals surface area contributed by atoms with E-state index >= 15 is 0 Å². The van der Waals surface area contributed by atoms with E-state index in [2.05, 4.69) is 44.0 Å². The van der Waals surface area contributed by atoms with Crippen LogP contribution < -0.4 is 0 Å². The van der Waals surface area contributed by atoms with Crippen LogP contribution in [0.3, 0.4) is 0 Å². The van der Waals surface area contributed by atoms with Gasteiger partial charge in [0.1, 0.15) is 0 Å². The molecule has 0 saturated carbocycles. The van der Waals surface area contributed by atoms with Crippen LogP contribution in [-0.4, -0.2) is 4.98 Å². The van der Waals surface area contributed by atoms with E-state index < -0.39 is 0 Å². The van der Waals surface area contributed by atoms with Crippen LogP contribution in [0.5, 0.6) is 0 Å². The van der Waals surface area contributed by atoms with E-state index in [0.717, 1.165) is 6.42 Å². The SMILES string of the molecule is CC(C)=CC[C@H](C)c1ccncc1. The highest BCUT2D eigenvalue weighted by molar-refractivity contribution is 5.16. The lowest BCUT2D eigenvalue weighted by molar-refractivity contribution is 0.774. The summed E-state index contributed by atoms with van der Waals surface area (Å²) < 4.78 is 0. The Kier molecular flexibility index (Phi) is 3.69. The summed E-state index contributed by atoms with van der Waals surface area (Å²) >= 11 is 0. The highest BCUT2D eigenvalue weighted by Crippen LogP contribution is 2.18. The molecule has 1 rings (SSSR count). The van der Waals surface area contributed by atoms with Gasteiger partial charge < -0.3 is 0 Å². The number of hydrogen-bond acceptors (Lipinski definition) is 1. The standard InChI is InChI=1S/C12H17N/c1-10(2)4-5-11(3)12-6-8-13-9-7-12/h4,6-9,11H,5H2,1-3H3/t11-/m0/s1. The summed E-state index contributed by atoms with van der Waals surface area (Å²) in [6.45, 7) is 6.52. The minimum atomic E-state index is 0.595. The van der Waals surface area contributed by atoms with Crippen molar-refractivity contribution in [2.45, 2.75) is 33.1 Å². The Labute approximate surface area is 80.5 Å². The van der Waals surface area contributed by atoms with Gasteiger partial charge in [-0.05, 0) is 43.9 Å². The quantitative estimate of drug-likeness (QED) is 0.640. The third kappa shape index (κ3) is 3.41. The van der Waals surface area contributed by atoms with Crippen molar-refractivity contribution in [1.82, 2.24) is 4.98 Å². The monoisotopic (exact) mass is 175 g/mol. The van der Waals surface area contributed by atoms with Gasteiger partial charge in [0, 0.05) is 12.4 Å². The summed E-state index contributed by atoms with van der Waals surface area (Å²) in [4.78, 5) is 4.01. The first-order valence-corrected chi connectivity index (χ1v) is 4.73. The van der Waals surface area contributed by atoms with Gasteiger partial charge in [-0.25, -0.2) is 0 Å². The second-order valence-corrected chi connectivity index (χ2v) is 3.70. The molecule has 0 aliphatic carbocycles. The van der Waals surface area contributed by atoms with Gasteiger partial charge >= 0.3 is 0 Å². The van der Waals surface area contributed by atoms with Crippen LogP contribution in [0.4, 0.5) is 0 Å². The van der Waals surface area contributed by atoms with Crippen molar-refractivity contribution < 1.29 is 0 Å². The molecule has 0 fully saturated rings. The number of allylic oxidation sites excluding steroid dienone is 2. The van der Waals surface area contributed by atoms with Crippen LogP contribution in [0.15, 0.2) is 36.2 Å². The third-order valence-corrected chi connectivity index (χ3v) is 2.15. The van der Waals surface area contributed by atoms with E-state index in [1.807, 2.05) is 12.4 Å². The maximum atomic E-state index is 4.01. The Balaban J connectivity index is 2.59. The zero-order chi connectivity index (χ0) is 9.68. The largest absolute Gasteiger partial charge is 0.265 e. The topological polar surface area (TPSA) is 12.9 Å². The molecule has 1 aromatic rings. The van der Waals surface area contributed by atoms with Crippen molar-refractivity contribution in [3.63, 3.8) is 0 Å². The predicted molar refractivity (Wildman–Crippen MR) is 56.7 cm³/mol. The second-order valence-electron chi connectivity index (χ2n) is 3.70. The molecule has 1 atom stereocenters. The fourth-order valence-electron chi connectivity index (χ4n) is 1.24. The van der Waals surface area contributed by atoms with Crippen LogP contribution in [0.25, 0.3) is 0 Å². The number of nitrogens with zero attached hydrogens (tertiary/aromatic N) is 1. The third-order valence-electron chi connectivity index (χ3n) is 2.15. The van der Waals surface area contributed by atoms with Crippen molar-refractivity contribution in [2.24, 2.45) is 0 Å². The fourth-order valence-corrected chi connectivity index (χ4v) is 1.24. The lowest BCUT2D eigenvalue weighted by Gasteiger charge is -2.08. The second kappa shape index (κ2) is 4.80. The number of aromatic nitrogens is 1. The molecular formula is C12H17N. The van der Waals surface area contributed by atoms with Gasteiger partial charge in [0.25, 0.3) is 0 Å². The van der Waals surface area contributed by atoms with Gasteiger partial charge in [0.2, 0.25) is 0 Å². The van der Waals surface area contributed by atoms with E-state index in [0.29, 0.717) is 5.92 Å². The molecule has 0 amide bonds. The smallest absolute Gasteiger partial charge is 0.0270 e. The fraction of sp³-hybridized carbons (Fsp3) is 0.417. The minimum Gasteiger partial charge on any atom is -0.265 e. The Morgan fingerprint density at radius 2 is 2.00 bits per heavy atom. The summed E-state index contributed by atoms with van der Waals surface area (Å²) in [5.41, 5.74) is 2.76. The molecule has 13 heavy (non-hydrogen) atoms. The van der Waals surface area contributed by atoms with E-state index in [9.17, 15) is 0 Å². The maximum Gasteiger partial charge on any atom is 0.0270 e.